The van der Waals surface area contributed by atoms with Crippen LogP contribution in [0.3, 0.4) is 0 Å². The van der Waals surface area contributed by atoms with Crippen molar-refractivity contribution in [3.8, 4) is 0 Å². The SMILES string of the molecule is CCC[C@@H](O)[C@@H](N)c1ccc2ccc3cccc4ccc1c2c34. The zero-order valence-corrected chi connectivity index (χ0v) is 13.3. The quantitative estimate of drug-likeness (QED) is 0.535. The highest BCUT2D eigenvalue weighted by molar-refractivity contribution is 6.23. The summed E-state index contributed by atoms with van der Waals surface area (Å²) in [4.78, 5) is 0. The van der Waals surface area contributed by atoms with Gasteiger partial charge in [-0.2, -0.15) is 0 Å². The van der Waals surface area contributed by atoms with E-state index in [2.05, 4.69) is 61.5 Å². The predicted molar refractivity (Wildman–Crippen MR) is 98.0 cm³/mol. The van der Waals surface area contributed by atoms with Crippen LogP contribution >= 0.6 is 0 Å². The fourth-order valence-corrected chi connectivity index (χ4v) is 3.73. The zero-order chi connectivity index (χ0) is 16.0. The standard InChI is InChI=1S/C21H21NO/c1-2-4-18(23)21(22)17-12-10-15-8-7-13-5-3-6-14-9-11-16(17)20(15)19(13)14/h3,5-12,18,21,23H,2,4,22H2,1H3/t18-,21+/m1/s1. The minimum atomic E-state index is -0.501. The van der Waals surface area contributed by atoms with E-state index in [-0.39, 0.29) is 6.04 Å². The normalized spacial score (nSPS) is 14.7. The van der Waals surface area contributed by atoms with Gasteiger partial charge >= 0.3 is 0 Å². The molecule has 4 aromatic rings. The molecule has 116 valence electrons. The van der Waals surface area contributed by atoms with E-state index in [4.69, 9.17) is 5.73 Å². The van der Waals surface area contributed by atoms with Crippen molar-refractivity contribution in [2.75, 3.05) is 0 Å². The molecule has 0 saturated heterocycles. The molecule has 0 amide bonds. The third-order valence-corrected chi connectivity index (χ3v) is 4.92. The number of nitrogens with two attached hydrogens (primary N) is 1. The molecule has 0 spiro atoms. The van der Waals surface area contributed by atoms with Gasteiger partial charge in [-0.05, 0) is 44.3 Å². The van der Waals surface area contributed by atoms with Gasteiger partial charge in [0.2, 0.25) is 0 Å². The summed E-state index contributed by atoms with van der Waals surface area (Å²) in [5, 5.41) is 17.8. The molecular weight excluding hydrogens is 282 g/mol. The van der Waals surface area contributed by atoms with Crippen molar-refractivity contribution in [1.29, 1.82) is 0 Å². The molecule has 0 unspecified atom stereocenters. The van der Waals surface area contributed by atoms with Gasteiger partial charge in [0.05, 0.1) is 12.1 Å². The highest BCUT2D eigenvalue weighted by atomic mass is 16.3. The third-order valence-electron chi connectivity index (χ3n) is 4.92. The van der Waals surface area contributed by atoms with Crippen molar-refractivity contribution in [3.05, 3.63) is 60.2 Å². The van der Waals surface area contributed by atoms with Crippen molar-refractivity contribution in [2.45, 2.75) is 31.9 Å². The van der Waals surface area contributed by atoms with Gasteiger partial charge in [-0.1, -0.05) is 67.9 Å². The number of benzene rings is 4. The van der Waals surface area contributed by atoms with Gasteiger partial charge in [-0.3, -0.25) is 0 Å². The Morgan fingerprint density at radius 2 is 1.48 bits per heavy atom. The molecule has 0 aliphatic carbocycles. The molecule has 0 heterocycles. The maximum atomic E-state index is 10.3. The number of hydrogen-bond donors (Lipinski definition) is 2. The summed E-state index contributed by atoms with van der Waals surface area (Å²) in [5.74, 6) is 0. The Bertz CT molecular complexity index is 960. The molecule has 2 heteroatoms. The van der Waals surface area contributed by atoms with E-state index in [1.165, 1.54) is 26.9 Å². The highest BCUT2D eigenvalue weighted by Gasteiger charge is 2.20. The largest absolute Gasteiger partial charge is 0.391 e. The second-order valence-corrected chi connectivity index (χ2v) is 6.39. The van der Waals surface area contributed by atoms with Crippen LogP contribution in [0.2, 0.25) is 0 Å². The lowest BCUT2D eigenvalue weighted by Crippen LogP contribution is -2.26. The maximum absolute atomic E-state index is 10.3. The Morgan fingerprint density at radius 3 is 2.17 bits per heavy atom. The van der Waals surface area contributed by atoms with Gasteiger partial charge in [-0.25, -0.2) is 0 Å². The molecule has 4 rings (SSSR count). The van der Waals surface area contributed by atoms with Crippen LogP contribution in [0.5, 0.6) is 0 Å². The van der Waals surface area contributed by atoms with Gasteiger partial charge in [0.25, 0.3) is 0 Å². The van der Waals surface area contributed by atoms with Crippen LogP contribution in [0.25, 0.3) is 32.3 Å². The van der Waals surface area contributed by atoms with Crippen molar-refractivity contribution in [3.63, 3.8) is 0 Å². The fraction of sp³-hybridized carbons (Fsp3) is 0.238. The van der Waals surface area contributed by atoms with E-state index >= 15 is 0 Å². The topological polar surface area (TPSA) is 46.2 Å². The Kier molecular flexibility index (Phi) is 3.44. The summed E-state index contributed by atoms with van der Waals surface area (Å²) in [6.07, 6.45) is 1.16. The first-order chi connectivity index (χ1) is 11.2. The van der Waals surface area contributed by atoms with Crippen LogP contribution in [0, 0.1) is 0 Å². The number of aliphatic hydroxyl groups excluding tert-OH is 1. The molecule has 0 saturated carbocycles. The van der Waals surface area contributed by atoms with Gasteiger partial charge in [0.15, 0.2) is 0 Å². The number of rotatable bonds is 4. The molecule has 3 N–H and O–H groups in total. The van der Waals surface area contributed by atoms with E-state index in [0.29, 0.717) is 0 Å². The monoisotopic (exact) mass is 303 g/mol. The lowest BCUT2D eigenvalue weighted by molar-refractivity contribution is 0.135. The van der Waals surface area contributed by atoms with Crippen LogP contribution in [0.15, 0.2) is 54.6 Å². The Labute approximate surface area is 135 Å². The summed E-state index contributed by atoms with van der Waals surface area (Å²) in [6, 6.07) is 18.9. The Balaban J connectivity index is 2.03. The second-order valence-electron chi connectivity index (χ2n) is 6.39. The van der Waals surface area contributed by atoms with Gasteiger partial charge in [0, 0.05) is 0 Å². The minimum Gasteiger partial charge on any atom is -0.391 e. The minimum absolute atomic E-state index is 0.348. The molecule has 0 fully saturated rings. The molecule has 0 aliphatic heterocycles. The van der Waals surface area contributed by atoms with Gasteiger partial charge < -0.3 is 10.8 Å². The summed E-state index contributed by atoms with van der Waals surface area (Å²) >= 11 is 0. The van der Waals surface area contributed by atoms with Crippen molar-refractivity contribution >= 4 is 32.3 Å². The fourth-order valence-electron chi connectivity index (χ4n) is 3.73. The molecule has 2 atom stereocenters. The van der Waals surface area contributed by atoms with Crippen LogP contribution < -0.4 is 5.73 Å². The highest BCUT2D eigenvalue weighted by Crippen LogP contribution is 2.37. The molecular formula is C21H21NO. The van der Waals surface area contributed by atoms with Crippen LogP contribution in [-0.4, -0.2) is 11.2 Å². The average molecular weight is 303 g/mol. The van der Waals surface area contributed by atoms with Gasteiger partial charge in [-0.15, -0.1) is 0 Å². The van der Waals surface area contributed by atoms with Crippen molar-refractivity contribution < 1.29 is 5.11 Å². The van der Waals surface area contributed by atoms with Crippen LogP contribution in [0.4, 0.5) is 0 Å². The van der Waals surface area contributed by atoms with E-state index < -0.39 is 6.10 Å². The van der Waals surface area contributed by atoms with Crippen LogP contribution in [0.1, 0.15) is 31.4 Å². The van der Waals surface area contributed by atoms with E-state index in [1.54, 1.807) is 0 Å². The Morgan fingerprint density at radius 1 is 0.870 bits per heavy atom. The summed E-state index contributed by atoms with van der Waals surface area (Å²) in [5.41, 5.74) is 7.41. The smallest absolute Gasteiger partial charge is 0.0732 e. The summed E-state index contributed by atoms with van der Waals surface area (Å²) in [7, 11) is 0. The molecule has 0 aliphatic rings. The average Bonchev–Trinajstić information content (AvgIpc) is 2.59. The Hall–Kier alpha value is -2.16. The van der Waals surface area contributed by atoms with Crippen molar-refractivity contribution in [2.24, 2.45) is 5.73 Å². The van der Waals surface area contributed by atoms with E-state index in [0.717, 1.165) is 23.8 Å². The second kappa shape index (κ2) is 5.48. The van der Waals surface area contributed by atoms with Crippen molar-refractivity contribution in [1.82, 2.24) is 0 Å². The summed E-state index contributed by atoms with van der Waals surface area (Å²) in [6.45, 7) is 2.07. The predicted octanol–water partition coefficient (Wildman–Crippen LogP) is 4.74. The lowest BCUT2D eigenvalue weighted by Gasteiger charge is -2.22. The first-order valence-electron chi connectivity index (χ1n) is 8.30. The van der Waals surface area contributed by atoms with Gasteiger partial charge in [0.1, 0.15) is 0 Å². The van der Waals surface area contributed by atoms with Crippen LogP contribution in [-0.2, 0) is 0 Å². The number of hydrogen-bond acceptors (Lipinski definition) is 2. The number of aliphatic hydroxyl groups is 1. The molecule has 23 heavy (non-hydrogen) atoms. The molecule has 0 aromatic heterocycles. The molecule has 2 nitrogen and oxygen atoms in total. The first-order valence-corrected chi connectivity index (χ1v) is 8.30. The van der Waals surface area contributed by atoms with E-state index in [9.17, 15) is 5.11 Å². The molecule has 0 bridgehead atoms. The zero-order valence-electron chi connectivity index (χ0n) is 13.3. The molecule has 4 aromatic carbocycles. The maximum Gasteiger partial charge on any atom is 0.0732 e. The third kappa shape index (κ3) is 2.18. The molecule has 0 radical (unpaired) electrons. The summed E-state index contributed by atoms with van der Waals surface area (Å²) < 4.78 is 0. The van der Waals surface area contributed by atoms with E-state index in [1.807, 2.05) is 0 Å². The first kappa shape index (κ1) is 14.4. The lowest BCUT2D eigenvalue weighted by atomic mass is 9.88.